The van der Waals surface area contributed by atoms with Crippen LogP contribution in [0.3, 0.4) is 0 Å². The van der Waals surface area contributed by atoms with Crippen molar-refractivity contribution in [3.05, 3.63) is 16.1 Å². The van der Waals surface area contributed by atoms with E-state index in [1.54, 1.807) is 11.3 Å². The predicted octanol–water partition coefficient (Wildman–Crippen LogP) is 1.49. The lowest BCUT2D eigenvalue weighted by atomic mass is 10.1. The van der Waals surface area contributed by atoms with Crippen molar-refractivity contribution >= 4 is 11.3 Å². The smallest absolute Gasteiger partial charge is 0.0929 e. The van der Waals surface area contributed by atoms with E-state index in [1.165, 1.54) is 23.7 Å². The van der Waals surface area contributed by atoms with Crippen LogP contribution in [0.5, 0.6) is 0 Å². The van der Waals surface area contributed by atoms with Crippen molar-refractivity contribution in [2.24, 2.45) is 0 Å². The summed E-state index contributed by atoms with van der Waals surface area (Å²) in [5, 5.41) is 12.1. The molecule has 0 bridgehead atoms. The summed E-state index contributed by atoms with van der Waals surface area (Å²) >= 11 is 1.74. The largest absolute Gasteiger partial charge is 0.396 e. The molecule has 1 N–H and O–H groups in total. The lowest BCUT2D eigenvalue weighted by molar-refractivity contribution is 0.288. The normalized spacial score (nSPS) is 22.4. The van der Waals surface area contributed by atoms with E-state index in [0.717, 1.165) is 19.4 Å². The van der Waals surface area contributed by atoms with E-state index >= 15 is 0 Å². The molecule has 0 spiro atoms. The third-order valence-electron chi connectivity index (χ3n) is 2.93. The first-order chi connectivity index (χ1) is 7.29. The first-order valence-corrected chi connectivity index (χ1v) is 6.41. The molecule has 0 saturated carbocycles. The van der Waals surface area contributed by atoms with E-state index < -0.39 is 0 Å². The van der Waals surface area contributed by atoms with Crippen LogP contribution in [0.25, 0.3) is 0 Å². The zero-order valence-electron chi connectivity index (χ0n) is 9.15. The topological polar surface area (TPSA) is 36.4 Å². The van der Waals surface area contributed by atoms with Crippen molar-refractivity contribution in [2.75, 3.05) is 26.7 Å². The molecule has 0 aromatic carbocycles. The summed E-state index contributed by atoms with van der Waals surface area (Å²) in [4.78, 5) is 7.00. The SMILES string of the molecule is CN1CCC(c2csc(CCCO)n2)C1. The predicted molar refractivity (Wildman–Crippen MR) is 62.4 cm³/mol. The van der Waals surface area contributed by atoms with Crippen LogP contribution in [0.15, 0.2) is 5.38 Å². The molecule has 1 aromatic heterocycles. The van der Waals surface area contributed by atoms with E-state index in [4.69, 9.17) is 5.11 Å². The number of likely N-dealkylation sites (N-methyl/N-ethyl adjacent to an activating group) is 1. The van der Waals surface area contributed by atoms with Gasteiger partial charge in [0.15, 0.2) is 0 Å². The number of hydrogen-bond acceptors (Lipinski definition) is 4. The van der Waals surface area contributed by atoms with Gasteiger partial charge in [-0.25, -0.2) is 4.98 Å². The van der Waals surface area contributed by atoms with Crippen LogP contribution >= 0.6 is 11.3 Å². The molecule has 0 radical (unpaired) electrons. The molecule has 84 valence electrons. The Morgan fingerprint density at radius 1 is 1.67 bits per heavy atom. The van der Waals surface area contributed by atoms with Gasteiger partial charge < -0.3 is 10.0 Å². The highest BCUT2D eigenvalue weighted by atomic mass is 32.1. The standard InChI is InChI=1S/C11H18N2OS/c1-13-5-4-9(7-13)10-8-15-11(12-10)3-2-6-14/h8-9,14H,2-7H2,1H3. The summed E-state index contributed by atoms with van der Waals surface area (Å²) in [6.45, 7) is 2.60. The van der Waals surface area contributed by atoms with E-state index in [2.05, 4.69) is 22.3 Å². The summed E-state index contributed by atoms with van der Waals surface area (Å²) in [6.07, 6.45) is 2.99. The Morgan fingerprint density at radius 3 is 3.20 bits per heavy atom. The maximum atomic E-state index is 8.75. The highest BCUT2D eigenvalue weighted by molar-refractivity contribution is 7.09. The molecule has 1 aliphatic heterocycles. The molecule has 0 aliphatic carbocycles. The van der Waals surface area contributed by atoms with Gasteiger partial charge in [-0.15, -0.1) is 11.3 Å². The first kappa shape index (κ1) is 11.0. The zero-order chi connectivity index (χ0) is 10.7. The van der Waals surface area contributed by atoms with Gasteiger partial charge in [-0.3, -0.25) is 0 Å². The van der Waals surface area contributed by atoms with Crippen molar-refractivity contribution in [2.45, 2.75) is 25.2 Å². The van der Waals surface area contributed by atoms with Crippen LogP contribution in [0.4, 0.5) is 0 Å². The van der Waals surface area contributed by atoms with Crippen LogP contribution in [0.2, 0.25) is 0 Å². The van der Waals surface area contributed by atoms with Gasteiger partial charge >= 0.3 is 0 Å². The van der Waals surface area contributed by atoms with Crippen molar-refractivity contribution < 1.29 is 5.11 Å². The molecule has 4 heteroatoms. The summed E-state index contributed by atoms with van der Waals surface area (Å²) in [5.74, 6) is 0.633. The second kappa shape index (κ2) is 5.05. The minimum absolute atomic E-state index is 0.265. The molecule has 2 rings (SSSR count). The molecule has 0 amide bonds. The number of hydrogen-bond donors (Lipinski definition) is 1. The number of aliphatic hydroxyl groups excluding tert-OH is 1. The third-order valence-corrected chi connectivity index (χ3v) is 3.85. The molecule has 3 nitrogen and oxygen atoms in total. The quantitative estimate of drug-likeness (QED) is 0.845. The Morgan fingerprint density at radius 2 is 2.53 bits per heavy atom. The number of likely N-dealkylation sites (tertiary alicyclic amines) is 1. The first-order valence-electron chi connectivity index (χ1n) is 5.53. The molecule has 1 saturated heterocycles. The van der Waals surface area contributed by atoms with E-state index in [1.807, 2.05) is 0 Å². The van der Waals surface area contributed by atoms with Crippen molar-refractivity contribution in [1.29, 1.82) is 0 Å². The van der Waals surface area contributed by atoms with Gasteiger partial charge in [0.25, 0.3) is 0 Å². The van der Waals surface area contributed by atoms with Gasteiger partial charge in [-0.1, -0.05) is 0 Å². The Labute approximate surface area is 94.8 Å². The maximum Gasteiger partial charge on any atom is 0.0929 e. The fraction of sp³-hybridized carbons (Fsp3) is 0.727. The molecule has 1 unspecified atom stereocenters. The Bertz CT molecular complexity index is 313. The van der Waals surface area contributed by atoms with Crippen molar-refractivity contribution in [1.82, 2.24) is 9.88 Å². The summed E-state index contributed by atoms with van der Waals surface area (Å²) in [7, 11) is 2.17. The van der Waals surface area contributed by atoms with Gasteiger partial charge in [0, 0.05) is 30.9 Å². The zero-order valence-corrected chi connectivity index (χ0v) is 9.96. The van der Waals surface area contributed by atoms with E-state index in [0.29, 0.717) is 5.92 Å². The fourth-order valence-corrected chi connectivity index (χ4v) is 2.96. The lowest BCUT2D eigenvalue weighted by Gasteiger charge is -2.06. The molecule has 1 aliphatic rings. The van der Waals surface area contributed by atoms with Gasteiger partial charge in [0.2, 0.25) is 0 Å². The van der Waals surface area contributed by atoms with E-state index in [-0.39, 0.29) is 6.61 Å². The second-order valence-corrected chi connectivity index (χ2v) is 5.18. The van der Waals surface area contributed by atoms with Crippen LogP contribution in [0, 0.1) is 0 Å². The minimum atomic E-state index is 0.265. The average Bonchev–Trinajstić information content (AvgIpc) is 2.83. The van der Waals surface area contributed by atoms with E-state index in [9.17, 15) is 0 Å². The molecule has 1 atom stereocenters. The summed E-state index contributed by atoms with van der Waals surface area (Å²) in [5.41, 5.74) is 1.26. The molecule has 1 fully saturated rings. The number of aryl methyl sites for hydroxylation is 1. The molecular weight excluding hydrogens is 208 g/mol. The molecule has 1 aromatic rings. The third kappa shape index (κ3) is 2.77. The number of thiazole rings is 1. The monoisotopic (exact) mass is 226 g/mol. The number of rotatable bonds is 4. The molecule has 15 heavy (non-hydrogen) atoms. The lowest BCUT2D eigenvalue weighted by Crippen LogP contribution is -2.13. The fourth-order valence-electron chi connectivity index (χ4n) is 2.03. The molecule has 2 heterocycles. The van der Waals surface area contributed by atoms with Crippen molar-refractivity contribution in [3.8, 4) is 0 Å². The highest BCUT2D eigenvalue weighted by Crippen LogP contribution is 2.27. The van der Waals surface area contributed by atoms with Gasteiger partial charge in [-0.05, 0) is 26.4 Å². The van der Waals surface area contributed by atoms with Crippen molar-refractivity contribution in [3.63, 3.8) is 0 Å². The second-order valence-electron chi connectivity index (χ2n) is 4.24. The Kier molecular flexibility index (Phi) is 3.72. The number of aromatic nitrogens is 1. The Hall–Kier alpha value is -0.450. The summed E-state index contributed by atoms with van der Waals surface area (Å²) in [6, 6.07) is 0. The minimum Gasteiger partial charge on any atom is -0.396 e. The number of aliphatic hydroxyl groups is 1. The van der Waals surface area contributed by atoms with Crippen LogP contribution < -0.4 is 0 Å². The summed E-state index contributed by atoms with van der Waals surface area (Å²) < 4.78 is 0. The molecular formula is C11H18N2OS. The van der Waals surface area contributed by atoms with Crippen LogP contribution in [-0.2, 0) is 6.42 Å². The van der Waals surface area contributed by atoms with Crippen LogP contribution in [-0.4, -0.2) is 41.7 Å². The average molecular weight is 226 g/mol. The van der Waals surface area contributed by atoms with Gasteiger partial charge in [0.05, 0.1) is 10.7 Å². The highest BCUT2D eigenvalue weighted by Gasteiger charge is 2.22. The maximum absolute atomic E-state index is 8.75. The van der Waals surface area contributed by atoms with Gasteiger partial charge in [-0.2, -0.15) is 0 Å². The number of nitrogens with zero attached hydrogens (tertiary/aromatic N) is 2. The Balaban J connectivity index is 1.94. The van der Waals surface area contributed by atoms with Gasteiger partial charge in [0.1, 0.15) is 0 Å². The van der Waals surface area contributed by atoms with Crippen LogP contribution in [0.1, 0.15) is 29.5 Å².